The van der Waals surface area contributed by atoms with Crippen molar-refractivity contribution < 1.29 is 4.74 Å². The summed E-state index contributed by atoms with van der Waals surface area (Å²) >= 11 is 0. The van der Waals surface area contributed by atoms with Crippen LogP contribution in [0.2, 0.25) is 0 Å². The van der Waals surface area contributed by atoms with E-state index in [-0.39, 0.29) is 5.56 Å². The SMILES string of the molecule is CCC1CCN(CCn2c(=O)cnc3ccc(OC)nc32)C1. The average Bonchev–Trinajstić information content (AvgIpc) is 3.01. The van der Waals surface area contributed by atoms with Gasteiger partial charge in [-0.2, -0.15) is 4.98 Å². The maximum atomic E-state index is 12.2. The predicted molar refractivity (Wildman–Crippen MR) is 85.2 cm³/mol. The maximum absolute atomic E-state index is 12.2. The van der Waals surface area contributed by atoms with Gasteiger partial charge in [0.1, 0.15) is 5.52 Å². The second-order valence-electron chi connectivity index (χ2n) is 5.81. The fourth-order valence-electron chi connectivity index (χ4n) is 3.04. The summed E-state index contributed by atoms with van der Waals surface area (Å²) < 4.78 is 6.86. The standard InChI is InChI=1S/C16H22N4O2/c1-3-12-6-7-19(11-12)8-9-20-15(21)10-17-13-4-5-14(22-2)18-16(13)20/h4-5,10,12H,3,6-9,11H2,1-2H3. The number of methoxy groups -OCH3 is 1. The van der Waals surface area contributed by atoms with E-state index in [0.29, 0.717) is 23.6 Å². The van der Waals surface area contributed by atoms with E-state index < -0.39 is 0 Å². The first-order valence-electron chi connectivity index (χ1n) is 7.84. The molecule has 1 saturated heterocycles. The molecule has 0 aromatic carbocycles. The van der Waals surface area contributed by atoms with Crippen LogP contribution in [-0.2, 0) is 6.54 Å². The van der Waals surface area contributed by atoms with E-state index in [1.54, 1.807) is 17.7 Å². The van der Waals surface area contributed by atoms with Crippen LogP contribution in [-0.4, -0.2) is 46.2 Å². The number of fused-ring (bicyclic) bond motifs is 1. The number of hydrogen-bond donors (Lipinski definition) is 0. The molecule has 1 aliphatic rings. The van der Waals surface area contributed by atoms with Gasteiger partial charge < -0.3 is 9.64 Å². The van der Waals surface area contributed by atoms with Crippen LogP contribution in [0.4, 0.5) is 0 Å². The Labute approximate surface area is 129 Å². The third kappa shape index (κ3) is 2.97. The normalized spacial score (nSPS) is 18.9. The van der Waals surface area contributed by atoms with E-state index in [2.05, 4.69) is 21.8 Å². The highest BCUT2D eigenvalue weighted by Gasteiger charge is 2.20. The van der Waals surface area contributed by atoms with Gasteiger partial charge in [-0.25, -0.2) is 4.98 Å². The lowest BCUT2D eigenvalue weighted by Crippen LogP contribution is -2.30. The molecule has 3 heterocycles. The summed E-state index contributed by atoms with van der Waals surface area (Å²) in [6.45, 7) is 5.99. The molecular formula is C16H22N4O2. The Kier molecular flexibility index (Phi) is 4.38. The number of rotatable bonds is 5. The van der Waals surface area contributed by atoms with Crippen molar-refractivity contribution in [2.75, 3.05) is 26.7 Å². The molecule has 0 saturated carbocycles. The van der Waals surface area contributed by atoms with Gasteiger partial charge in [0.2, 0.25) is 5.88 Å². The second kappa shape index (κ2) is 6.44. The van der Waals surface area contributed by atoms with E-state index >= 15 is 0 Å². The minimum atomic E-state index is -0.112. The molecule has 22 heavy (non-hydrogen) atoms. The van der Waals surface area contributed by atoms with Crippen LogP contribution >= 0.6 is 0 Å². The lowest BCUT2D eigenvalue weighted by molar-refractivity contribution is 0.308. The molecule has 0 aliphatic carbocycles. The summed E-state index contributed by atoms with van der Waals surface area (Å²) in [5.41, 5.74) is 1.20. The largest absolute Gasteiger partial charge is 0.481 e. The van der Waals surface area contributed by atoms with Crippen molar-refractivity contribution in [1.82, 2.24) is 19.4 Å². The van der Waals surface area contributed by atoms with Crippen molar-refractivity contribution in [2.24, 2.45) is 5.92 Å². The van der Waals surface area contributed by atoms with E-state index in [9.17, 15) is 4.79 Å². The molecule has 6 nitrogen and oxygen atoms in total. The summed E-state index contributed by atoms with van der Waals surface area (Å²) in [5, 5.41) is 0. The van der Waals surface area contributed by atoms with Crippen molar-refractivity contribution in [3.05, 3.63) is 28.7 Å². The van der Waals surface area contributed by atoms with E-state index in [4.69, 9.17) is 4.74 Å². The summed E-state index contributed by atoms with van der Waals surface area (Å²) in [7, 11) is 1.57. The Balaban J connectivity index is 1.83. The lowest BCUT2D eigenvalue weighted by atomic mass is 10.1. The predicted octanol–water partition coefficient (Wildman–Crippen LogP) is 1.53. The Bertz CT molecular complexity index is 713. The van der Waals surface area contributed by atoms with Crippen LogP contribution in [0.15, 0.2) is 23.1 Å². The molecule has 1 fully saturated rings. The molecule has 2 aromatic heterocycles. The minimum Gasteiger partial charge on any atom is -0.481 e. The number of aromatic nitrogens is 3. The first-order chi connectivity index (χ1) is 10.7. The van der Waals surface area contributed by atoms with Crippen LogP contribution < -0.4 is 10.3 Å². The van der Waals surface area contributed by atoms with Crippen molar-refractivity contribution in [2.45, 2.75) is 26.3 Å². The third-order valence-electron chi connectivity index (χ3n) is 4.46. The molecule has 0 bridgehead atoms. The van der Waals surface area contributed by atoms with E-state index in [1.807, 2.05) is 6.07 Å². The fraction of sp³-hybridized carbons (Fsp3) is 0.562. The summed E-state index contributed by atoms with van der Waals surface area (Å²) in [4.78, 5) is 23.1. The van der Waals surface area contributed by atoms with Crippen molar-refractivity contribution in [3.8, 4) is 5.88 Å². The van der Waals surface area contributed by atoms with E-state index in [0.717, 1.165) is 25.6 Å². The zero-order chi connectivity index (χ0) is 15.5. The summed E-state index contributed by atoms with van der Waals surface area (Å²) in [6.07, 6.45) is 3.86. The lowest BCUT2D eigenvalue weighted by Gasteiger charge is -2.17. The Hall–Kier alpha value is -1.95. The molecule has 0 spiro atoms. The minimum absolute atomic E-state index is 0.112. The monoisotopic (exact) mass is 302 g/mol. The molecule has 0 amide bonds. The summed E-state index contributed by atoms with van der Waals surface area (Å²) in [6, 6.07) is 3.59. The molecule has 6 heteroatoms. The first kappa shape index (κ1) is 15.0. The molecule has 3 rings (SSSR count). The fourth-order valence-corrected chi connectivity index (χ4v) is 3.04. The molecular weight excluding hydrogens is 280 g/mol. The molecule has 0 N–H and O–H groups in total. The van der Waals surface area contributed by atoms with E-state index in [1.165, 1.54) is 19.0 Å². The highest BCUT2D eigenvalue weighted by atomic mass is 16.5. The molecule has 0 radical (unpaired) electrons. The first-order valence-corrected chi connectivity index (χ1v) is 7.84. The average molecular weight is 302 g/mol. The summed E-state index contributed by atoms with van der Waals surface area (Å²) in [5.74, 6) is 1.30. The van der Waals surface area contributed by atoms with Crippen LogP contribution in [0.25, 0.3) is 11.2 Å². The van der Waals surface area contributed by atoms with Gasteiger partial charge in [-0.1, -0.05) is 13.3 Å². The Morgan fingerprint density at radius 2 is 2.23 bits per heavy atom. The number of pyridine rings is 1. The zero-order valence-electron chi connectivity index (χ0n) is 13.2. The topological polar surface area (TPSA) is 60.2 Å². The van der Waals surface area contributed by atoms with Crippen molar-refractivity contribution in [1.29, 1.82) is 0 Å². The van der Waals surface area contributed by atoms with Gasteiger partial charge in [-0.05, 0) is 24.9 Å². The van der Waals surface area contributed by atoms with Crippen LogP contribution in [0.1, 0.15) is 19.8 Å². The zero-order valence-corrected chi connectivity index (χ0v) is 13.2. The van der Waals surface area contributed by atoms with Gasteiger partial charge >= 0.3 is 0 Å². The maximum Gasteiger partial charge on any atom is 0.270 e. The second-order valence-corrected chi connectivity index (χ2v) is 5.81. The third-order valence-corrected chi connectivity index (χ3v) is 4.46. The number of hydrogen-bond acceptors (Lipinski definition) is 5. The number of likely N-dealkylation sites (tertiary alicyclic amines) is 1. The molecule has 1 unspecified atom stereocenters. The van der Waals surface area contributed by atoms with Crippen LogP contribution in [0.5, 0.6) is 5.88 Å². The number of nitrogens with zero attached hydrogens (tertiary/aromatic N) is 4. The highest BCUT2D eigenvalue weighted by Crippen LogP contribution is 2.19. The highest BCUT2D eigenvalue weighted by molar-refractivity contribution is 5.70. The van der Waals surface area contributed by atoms with Gasteiger partial charge in [0, 0.05) is 25.7 Å². The van der Waals surface area contributed by atoms with Crippen LogP contribution in [0.3, 0.4) is 0 Å². The van der Waals surface area contributed by atoms with Crippen molar-refractivity contribution >= 4 is 11.2 Å². The van der Waals surface area contributed by atoms with Crippen molar-refractivity contribution in [3.63, 3.8) is 0 Å². The van der Waals surface area contributed by atoms with Gasteiger partial charge in [0.05, 0.1) is 13.3 Å². The molecule has 1 atom stereocenters. The molecule has 118 valence electrons. The molecule has 1 aliphatic heterocycles. The quantitative estimate of drug-likeness (QED) is 0.838. The number of ether oxygens (including phenoxy) is 1. The van der Waals surface area contributed by atoms with Gasteiger partial charge in [0.15, 0.2) is 5.65 Å². The van der Waals surface area contributed by atoms with Gasteiger partial charge in [-0.3, -0.25) is 9.36 Å². The Morgan fingerprint density at radius 3 is 2.95 bits per heavy atom. The smallest absolute Gasteiger partial charge is 0.270 e. The Morgan fingerprint density at radius 1 is 1.36 bits per heavy atom. The van der Waals surface area contributed by atoms with Gasteiger partial charge in [0.25, 0.3) is 5.56 Å². The van der Waals surface area contributed by atoms with Crippen LogP contribution in [0, 0.1) is 5.92 Å². The molecule has 2 aromatic rings. The van der Waals surface area contributed by atoms with Gasteiger partial charge in [-0.15, -0.1) is 0 Å².